The second-order valence-electron chi connectivity index (χ2n) is 3.91. The molecule has 0 aromatic heterocycles. The van der Waals surface area contributed by atoms with Gasteiger partial charge in [0.1, 0.15) is 11.6 Å². The van der Waals surface area contributed by atoms with E-state index in [9.17, 15) is 17.2 Å². The van der Waals surface area contributed by atoms with Crippen LogP contribution in [0, 0.1) is 11.6 Å². The minimum atomic E-state index is -4.14. The summed E-state index contributed by atoms with van der Waals surface area (Å²) in [6.45, 7) is 0. The lowest BCUT2D eigenvalue weighted by Gasteiger charge is -2.10. The van der Waals surface area contributed by atoms with Crippen molar-refractivity contribution in [2.24, 2.45) is 0 Å². The minimum Gasteiger partial charge on any atom is -0.396 e. The number of nitrogens with two attached hydrogens (primary N) is 1. The van der Waals surface area contributed by atoms with Gasteiger partial charge in [-0.05, 0) is 36.4 Å². The molecule has 0 aliphatic carbocycles. The smallest absolute Gasteiger partial charge is 0.262 e. The summed E-state index contributed by atoms with van der Waals surface area (Å²) in [5, 5.41) is 0.160. The van der Waals surface area contributed by atoms with Gasteiger partial charge in [-0.15, -0.1) is 0 Å². The molecule has 0 unspecified atom stereocenters. The molecular formula is C12H9ClF2N2O2S. The van der Waals surface area contributed by atoms with Gasteiger partial charge in [0.2, 0.25) is 0 Å². The Labute approximate surface area is 119 Å². The third kappa shape index (κ3) is 3.00. The van der Waals surface area contributed by atoms with Crippen molar-refractivity contribution in [1.82, 2.24) is 0 Å². The van der Waals surface area contributed by atoms with Crippen LogP contribution in [0.4, 0.5) is 20.2 Å². The maximum Gasteiger partial charge on any atom is 0.262 e. The Bertz CT molecular complexity index is 766. The zero-order chi connectivity index (χ0) is 14.9. The Kier molecular flexibility index (Phi) is 3.82. The van der Waals surface area contributed by atoms with E-state index in [1.807, 2.05) is 4.72 Å². The lowest BCUT2D eigenvalue weighted by molar-refractivity contribution is 0.594. The van der Waals surface area contributed by atoms with Crippen LogP contribution in [0.15, 0.2) is 41.3 Å². The Morgan fingerprint density at radius 1 is 1.05 bits per heavy atom. The van der Waals surface area contributed by atoms with E-state index >= 15 is 0 Å². The number of hydrogen-bond acceptors (Lipinski definition) is 3. The van der Waals surface area contributed by atoms with Crippen LogP contribution in [0.1, 0.15) is 0 Å². The molecule has 0 aliphatic heterocycles. The SMILES string of the molecule is Nc1ccc(S(=O)(=O)Nc2cc(Cl)ccc2F)cc1F. The number of anilines is 2. The van der Waals surface area contributed by atoms with Crippen molar-refractivity contribution in [1.29, 1.82) is 0 Å². The largest absolute Gasteiger partial charge is 0.396 e. The molecule has 3 N–H and O–H groups in total. The third-order valence-electron chi connectivity index (χ3n) is 2.45. The van der Waals surface area contributed by atoms with Crippen LogP contribution in [0.25, 0.3) is 0 Å². The van der Waals surface area contributed by atoms with Gasteiger partial charge in [-0.2, -0.15) is 0 Å². The van der Waals surface area contributed by atoms with Gasteiger partial charge in [-0.3, -0.25) is 4.72 Å². The highest BCUT2D eigenvalue weighted by molar-refractivity contribution is 7.92. The zero-order valence-electron chi connectivity index (χ0n) is 9.90. The van der Waals surface area contributed by atoms with Crippen molar-refractivity contribution in [3.63, 3.8) is 0 Å². The van der Waals surface area contributed by atoms with Crippen LogP contribution < -0.4 is 10.5 Å². The van der Waals surface area contributed by atoms with Crippen LogP contribution in [0.3, 0.4) is 0 Å². The predicted octanol–water partition coefficient (Wildman–Crippen LogP) is 3.00. The number of nitrogen functional groups attached to an aromatic ring is 1. The lowest BCUT2D eigenvalue weighted by atomic mass is 10.3. The summed E-state index contributed by atoms with van der Waals surface area (Å²) in [5.74, 6) is -1.67. The fraction of sp³-hybridized carbons (Fsp3) is 0. The molecule has 0 spiro atoms. The molecule has 0 radical (unpaired) electrons. The van der Waals surface area contributed by atoms with E-state index in [-0.39, 0.29) is 21.3 Å². The van der Waals surface area contributed by atoms with Gasteiger partial charge in [-0.25, -0.2) is 17.2 Å². The van der Waals surface area contributed by atoms with Crippen LogP contribution >= 0.6 is 11.6 Å². The van der Waals surface area contributed by atoms with Gasteiger partial charge in [0.25, 0.3) is 10.0 Å². The van der Waals surface area contributed by atoms with E-state index in [4.69, 9.17) is 17.3 Å². The highest BCUT2D eigenvalue weighted by atomic mass is 35.5. The third-order valence-corrected chi connectivity index (χ3v) is 4.05. The average molecular weight is 319 g/mol. The summed E-state index contributed by atoms with van der Waals surface area (Å²) in [6, 6.07) is 6.38. The molecule has 0 fully saturated rings. The average Bonchev–Trinajstić information content (AvgIpc) is 2.36. The second-order valence-corrected chi connectivity index (χ2v) is 6.03. The van der Waals surface area contributed by atoms with Crippen molar-refractivity contribution in [3.8, 4) is 0 Å². The van der Waals surface area contributed by atoms with Crippen molar-refractivity contribution < 1.29 is 17.2 Å². The molecule has 8 heteroatoms. The first-order valence-corrected chi connectivity index (χ1v) is 7.18. The van der Waals surface area contributed by atoms with E-state index in [1.165, 1.54) is 6.07 Å². The summed E-state index contributed by atoms with van der Waals surface area (Å²) >= 11 is 5.66. The monoisotopic (exact) mass is 318 g/mol. The first-order chi connectivity index (χ1) is 9.29. The standard InChI is InChI=1S/C12H9ClF2N2O2S/c13-7-1-3-9(14)12(5-7)17-20(18,19)8-2-4-11(16)10(15)6-8/h1-6,17H,16H2. The molecule has 0 saturated carbocycles. The number of rotatable bonds is 3. The molecule has 2 aromatic rings. The predicted molar refractivity (Wildman–Crippen MR) is 73.0 cm³/mol. The molecule has 106 valence electrons. The van der Waals surface area contributed by atoms with Crippen molar-refractivity contribution in [3.05, 3.63) is 53.1 Å². The van der Waals surface area contributed by atoms with Gasteiger partial charge >= 0.3 is 0 Å². The van der Waals surface area contributed by atoms with E-state index in [1.54, 1.807) is 0 Å². The zero-order valence-corrected chi connectivity index (χ0v) is 11.5. The molecule has 0 amide bonds. The van der Waals surface area contributed by atoms with Gasteiger partial charge in [-0.1, -0.05) is 11.6 Å². The highest BCUT2D eigenvalue weighted by Crippen LogP contribution is 2.24. The quantitative estimate of drug-likeness (QED) is 0.854. The Morgan fingerprint density at radius 2 is 1.75 bits per heavy atom. The van der Waals surface area contributed by atoms with Gasteiger partial charge in [0, 0.05) is 5.02 Å². The van der Waals surface area contributed by atoms with E-state index in [0.29, 0.717) is 0 Å². The summed E-state index contributed by atoms with van der Waals surface area (Å²) < 4.78 is 52.8. The van der Waals surface area contributed by atoms with Gasteiger partial charge < -0.3 is 5.73 Å². The summed E-state index contributed by atoms with van der Waals surface area (Å²) in [5.41, 5.74) is 4.75. The first-order valence-electron chi connectivity index (χ1n) is 5.32. The fourth-order valence-electron chi connectivity index (χ4n) is 1.45. The maximum atomic E-state index is 13.5. The lowest BCUT2D eigenvalue weighted by Crippen LogP contribution is -2.14. The number of benzene rings is 2. The van der Waals surface area contributed by atoms with Crippen LogP contribution in [0.5, 0.6) is 0 Å². The molecule has 0 bridgehead atoms. The topological polar surface area (TPSA) is 72.2 Å². The van der Waals surface area contributed by atoms with Crippen LogP contribution in [0.2, 0.25) is 5.02 Å². The normalized spacial score (nSPS) is 11.3. The fourth-order valence-corrected chi connectivity index (χ4v) is 2.70. The summed E-state index contributed by atoms with van der Waals surface area (Å²) in [6.07, 6.45) is 0. The molecule has 20 heavy (non-hydrogen) atoms. The summed E-state index contributed by atoms with van der Waals surface area (Å²) in [7, 11) is -4.14. The maximum absolute atomic E-state index is 13.5. The number of sulfonamides is 1. The van der Waals surface area contributed by atoms with Crippen molar-refractivity contribution in [2.45, 2.75) is 4.90 Å². The molecular weight excluding hydrogens is 310 g/mol. The molecule has 0 atom stereocenters. The number of nitrogens with one attached hydrogen (secondary N) is 1. The molecule has 0 heterocycles. The molecule has 2 aromatic carbocycles. The Balaban J connectivity index is 2.40. The van der Waals surface area contributed by atoms with Gasteiger partial charge in [0.05, 0.1) is 16.3 Å². The summed E-state index contributed by atoms with van der Waals surface area (Å²) in [4.78, 5) is -0.372. The first kappa shape index (κ1) is 14.5. The molecule has 2 rings (SSSR count). The Morgan fingerprint density at radius 3 is 2.40 bits per heavy atom. The molecule has 4 nitrogen and oxygen atoms in total. The highest BCUT2D eigenvalue weighted by Gasteiger charge is 2.18. The number of halogens is 3. The number of hydrogen-bond donors (Lipinski definition) is 2. The van der Waals surface area contributed by atoms with Gasteiger partial charge in [0.15, 0.2) is 0 Å². The minimum absolute atomic E-state index is 0.160. The van der Waals surface area contributed by atoms with E-state index < -0.39 is 21.7 Å². The van der Waals surface area contributed by atoms with Crippen molar-refractivity contribution >= 4 is 33.0 Å². The molecule has 0 saturated heterocycles. The molecule has 0 aliphatic rings. The second kappa shape index (κ2) is 5.26. The van der Waals surface area contributed by atoms with E-state index in [2.05, 4.69) is 0 Å². The van der Waals surface area contributed by atoms with Crippen LogP contribution in [-0.4, -0.2) is 8.42 Å². The van der Waals surface area contributed by atoms with Crippen LogP contribution in [-0.2, 0) is 10.0 Å². The van der Waals surface area contributed by atoms with E-state index in [0.717, 1.165) is 30.3 Å². The Hall–Kier alpha value is -1.86. The van der Waals surface area contributed by atoms with Crippen molar-refractivity contribution in [2.75, 3.05) is 10.5 Å².